The molecule has 1 rings (SSSR count). The SMILES string of the molecule is CCOC(=O)C(C)NS(=O)(=O)c1ccc(OC)cc1N. The Morgan fingerprint density at radius 3 is 2.60 bits per heavy atom. The third kappa shape index (κ3) is 3.84. The molecule has 1 aromatic rings. The number of carbonyl (C=O) groups is 1. The van der Waals surface area contributed by atoms with E-state index in [0.717, 1.165) is 0 Å². The molecular formula is C12H18N2O5S. The van der Waals surface area contributed by atoms with Gasteiger partial charge < -0.3 is 15.2 Å². The molecule has 1 unspecified atom stereocenters. The van der Waals surface area contributed by atoms with E-state index in [0.29, 0.717) is 5.75 Å². The van der Waals surface area contributed by atoms with E-state index < -0.39 is 22.0 Å². The van der Waals surface area contributed by atoms with Crippen molar-refractivity contribution in [1.82, 2.24) is 4.72 Å². The molecule has 0 heterocycles. The first-order chi connectivity index (χ1) is 9.31. The first-order valence-corrected chi connectivity index (χ1v) is 7.42. The van der Waals surface area contributed by atoms with Crippen LogP contribution in [-0.2, 0) is 19.6 Å². The summed E-state index contributed by atoms with van der Waals surface area (Å²) in [4.78, 5) is 11.3. The quantitative estimate of drug-likeness (QED) is 0.585. The van der Waals surface area contributed by atoms with Crippen LogP contribution in [0.15, 0.2) is 23.1 Å². The van der Waals surface area contributed by atoms with Crippen molar-refractivity contribution in [2.45, 2.75) is 24.8 Å². The monoisotopic (exact) mass is 302 g/mol. The van der Waals surface area contributed by atoms with Crippen molar-refractivity contribution >= 4 is 21.7 Å². The van der Waals surface area contributed by atoms with Gasteiger partial charge in [0, 0.05) is 6.07 Å². The number of nitrogens with one attached hydrogen (secondary N) is 1. The smallest absolute Gasteiger partial charge is 0.323 e. The number of anilines is 1. The molecule has 0 amide bonds. The topological polar surface area (TPSA) is 108 Å². The molecule has 3 N–H and O–H groups in total. The van der Waals surface area contributed by atoms with Gasteiger partial charge in [0.2, 0.25) is 10.0 Å². The Kier molecular flexibility index (Phi) is 5.34. The van der Waals surface area contributed by atoms with Crippen LogP contribution in [0.2, 0.25) is 0 Å². The fourth-order valence-corrected chi connectivity index (χ4v) is 2.81. The summed E-state index contributed by atoms with van der Waals surface area (Å²) < 4.78 is 36.2. The van der Waals surface area contributed by atoms with Crippen LogP contribution < -0.4 is 15.2 Å². The lowest BCUT2D eigenvalue weighted by Crippen LogP contribution is -2.39. The Labute approximate surface area is 118 Å². The maximum Gasteiger partial charge on any atom is 0.323 e. The van der Waals surface area contributed by atoms with Gasteiger partial charge in [-0.15, -0.1) is 0 Å². The largest absolute Gasteiger partial charge is 0.497 e. The van der Waals surface area contributed by atoms with Crippen LogP contribution in [-0.4, -0.2) is 34.1 Å². The van der Waals surface area contributed by atoms with Crippen LogP contribution in [0.4, 0.5) is 5.69 Å². The Bertz CT molecular complexity index is 586. The van der Waals surface area contributed by atoms with E-state index in [1.807, 2.05) is 0 Å². The molecule has 0 aromatic heterocycles. The number of benzene rings is 1. The zero-order valence-corrected chi connectivity index (χ0v) is 12.4. The molecule has 1 atom stereocenters. The molecule has 0 bridgehead atoms. The number of nitrogens with two attached hydrogens (primary N) is 1. The fraction of sp³-hybridized carbons (Fsp3) is 0.417. The molecule has 0 spiro atoms. The van der Waals surface area contributed by atoms with Crippen molar-refractivity contribution in [2.24, 2.45) is 0 Å². The number of nitrogen functional groups attached to an aromatic ring is 1. The number of esters is 1. The van der Waals surface area contributed by atoms with E-state index in [1.54, 1.807) is 6.92 Å². The van der Waals surface area contributed by atoms with E-state index in [4.69, 9.17) is 15.2 Å². The molecule has 20 heavy (non-hydrogen) atoms. The van der Waals surface area contributed by atoms with Gasteiger partial charge in [-0.2, -0.15) is 4.72 Å². The van der Waals surface area contributed by atoms with Gasteiger partial charge in [-0.05, 0) is 26.0 Å². The second kappa shape index (κ2) is 6.58. The number of rotatable bonds is 6. The minimum atomic E-state index is -3.91. The molecule has 112 valence electrons. The van der Waals surface area contributed by atoms with Crippen LogP contribution >= 0.6 is 0 Å². The predicted octanol–water partition coefficient (Wildman–Crippen LogP) is 0.507. The third-order valence-corrected chi connectivity index (χ3v) is 4.09. The maximum absolute atomic E-state index is 12.1. The van der Waals surface area contributed by atoms with Crippen LogP contribution in [0.3, 0.4) is 0 Å². The molecular weight excluding hydrogens is 284 g/mol. The lowest BCUT2D eigenvalue weighted by atomic mass is 10.3. The van der Waals surface area contributed by atoms with Gasteiger partial charge in [-0.1, -0.05) is 0 Å². The Morgan fingerprint density at radius 2 is 2.10 bits per heavy atom. The first-order valence-electron chi connectivity index (χ1n) is 5.94. The average molecular weight is 302 g/mol. The van der Waals surface area contributed by atoms with Crippen molar-refractivity contribution in [3.05, 3.63) is 18.2 Å². The van der Waals surface area contributed by atoms with Gasteiger partial charge in [0.1, 0.15) is 16.7 Å². The molecule has 0 aliphatic heterocycles. The summed E-state index contributed by atoms with van der Waals surface area (Å²) in [6.45, 7) is 3.21. The highest BCUT2D eigenvalue weighted by Gasteiger charge is 2.24. The molecule has 0 aliphatic carbocycles. The van der Waals surface area contributed by atoms with Gasteiger partial charge in [0.15, 0.2) is 0 Å². The van der Waals surface area contributed by atoms with Gasteiger partial charge in [0.05, 0.1) is 19.4 Å². The van der Waals surface area contributed by atoms with Gasteiger partial charge in [-0.3, -0.25) is 4.79 Å². The van der Waals surface area contributed by atoms with Crippen molar-refractivity contribution < 1.29 is 22.7 Å². The molecule has 0 radical (unpaired) electrons. The maximum atomic E-state index is 12.1. The standard InChI is InChI=1S/C12H18N2O5S/c1-4-19-12(15)8(2)14-20(16,17)11-6-5-9(18-3)7-10(11)13/h5-8,14H,4,13H2,1-3H3. The highest BCUT2D eigenvalue weighted by molar-refractivity contribution is 7.89. The van der Waals surface area contributed by atoms with E-state index in [9.17, 15) is 13.2 Å². The highest BCUT2D eigenvalue weighted by atomic mass is 32.2. The number of ether oxygens (including phenoxy) is 2. The van der Waals surface area contributed by atoms with Gasteiger partial charge in [-0.25, -0.2) is 8.42 Å². The zero-order chi connectivity index (χ0) is 15.3. The van der Waals surface area contributed by atoms with Crippen LogP contribution in [0.1, 0.15) is 13.8 Å². The molecule has 1 aromatic carbocycles. The fourth-order valence-electron chi connectivity index (χ4n) is 1.51. The minimum absolute atomic E-state index is 0.0351. The zero-order valence-electron chi connectivity index (χ0n) is 11.5. The summed E-state index contributed by atoms with van der Waals surface area (Å²) in [5, 5.41) is 0. The van der Waals surface area contributed by atoms with Crippen LogP contribution in [0.5, 0.6) is 5.75 Å². The van der Waals surface area contributed by atoms with Crippen molar-refractivity contribution in [3.8, 4) is 5.75 Å². The van der Waals surface area contributed by atoms with E-state index >= 15 is 0 Å². The van der Waals surface area contributed by atoms with Crippen molar-refractivity contribution in [2.75, 3.05) is 19.5 Å². The minimum Gasteiger partial charge on any atom is -0.497 e. The second-order valence-corrected chi connectivity index (χ2v) is 5.68. The Balaban J connectivity index is 2.97. The summed E-state index contributed by atoms with van der Waals surface area (Å²) in [7, 11) is -2.46. The molecule has 0 aliphatic rings. The lowest BCUT2D eigenvalue weighted by Gasteiger charge is -2.14. The molecule has 0 saturated heterocycles. The van der Waals surface area contributed by atoms with Gasteiger partial charge in [0.25, 0.3) is 0 Å². The molecule has 0 fully saturated rings. The number of carbonyl (C=O) groups excluding carboxylic acids is 1. The molecule has 8 heteroatoms. The first kappa shape index (κ1) is 16.3. The number of hydrogen-bond acceptors (Lipinski definition) is 6. The number of methoxy groups -OCH3 is 1. The van der Waals surface area contributed by atoms with Crippen LogP contribution in [0.25, 0.3) is 0 Å². The second-order valence-electron chi connectivity index (χ2n) is 4.00. The van der Waals surface area contributed by atoms with E-state index in [-0.39, 0.29) is 17.2 Å². The summed E-state index contributed by atoms with van der Waals surface area (Å²) >= 11 is 0. The summed E-state index contributed by atoms with van der Waals surface area (Å²) in [5.41, 5.74) is 5.71. The number of sulfonamides is 1. The van der Waals surface area contributed by atoms with Gasteiger partial charge >= 0.3 is 5.97 Å². The predicted molar refractivity (Wildman–Crippen MR) is 73.8 cm³/mol. The average Bonchev–Trinajstić information content (AvgIpc) is 2.37. The Morgan fingerprint density at radius 1 is 1.45 bits per heavy atom. The number of hydrogen-bond donors (Lipinski definition) is 2. The van der Waals surface area contributed by atoms with Crippen LogP contribution in [0, 0.1) is 0 Å². The third-order valence-electron chi connectivity index (χ3n) is 2.48. The van der Waals surface area contributed by atoms with Crippen molar-refractivity contribution in [3.63, 3.8) is 0 Å². The molecule has 7 nitrogen and oxygen atoms in total. The summed E-state index contributed by atoms with van der Waals surface area (Å²) in [6.07, 6.45) is 0. The Hall–Kier alpha value is -1.80. The summed E-state index contributed by atoms with van der Waals surface area (Å²) in [6, 6.07) is 3.18. The molecule has 0 saturated carbocycles. The van der Waals surface area contributed by atoms with E-state index in [1.165, 1.54) is 32.2 Å². The van der Waals surface area contributed by atoms with Crippen molar-refractivity contribution in [1.29, 1.82) is 0 Å². The van der Waals surface area contributed by atoms with E-state index in [2.05, 4.69) is 4.72 Å². The highest BCUT2D eigenvalue weighted by Crippen LogP contribution is 2.23. The summed E-state index contributed by atoms with van der Waals surface area (Å²) in [5.74, 6) is -0.206. The normalized spacial score (nSPS) is 12.8. The lowest BCUT2D eigenvalue weighted by molar-refractivity contribution is -0.144.